The Morgan fingerprint density at radius 2 is 1.63 bits per heavy atom. The van der Waals surface area contributed by atoms with Gasteiger partial charge in [0.05, 0.1) is 18.8 Å². The van der Waals surface area contributed by atoms with Crippen LogP contribution in [0.2, 0.25) is 0 Å². The maximum absolute atomic E-state index is 13.5. The maximum atomic E-state index is 13.5. The average Bonchev–Trinajstić information content (AvgIpc) is 3.52. The Labute approximate surface area is 216 Å². The van der Waals surface area contributed by atoms with Crippen LogP contribution in [0.4, 0.5) is 0 Å². The lowest BCUT2D eigenvalue weighted by atomic mass is 10.0. The van der Waals surface area contributed by atoms with Crippen LogP contribution in [-0.2, 0) is 36.8 Å². The molecule has 0 radical (unpaired) electrons. The van der Waals surface area contributed by atoms with Crippen molar-refractivity contribution in [3.8, 4) is 0 Å². The number of fused-ring (bicyclic) bond motifs is 1. The predicted molar refractivity (Wildman–Crippen MR) is 135 cm³/mol. The number of carbonyl (C=O) groups is 5. The van der Waals surface area contributed by atoms with Gasteiger partial charge in [-0.15, -0.1) is 0 Å². The Hall–Kier alpha value is -4.72. The van der Waals surface area contributed by atoms with Crippen LogP contribution in [0.25, 0.3) is 10.9 Å². The molecule has 2 aromatic heterocycles. The molecule has 0 saturated heterocycles. The molecule has 0 aliphatic carbocycles. The Morgan fingerprint density at radius 1 is 0.974 bits per heavy atom. The van der Waals surface area contributed by atoms with Gasteiger partial charge in [0.15, 0.2) is 0 Å². The molecule has 4 amide bonds. The maximum Gasteiger partial charge on any atom is 0.325 e. The van der Waals surface area contributed by atoms with Crippen molar-refractivity contribution in [2.45, 2.75) is 50.4 Å². The van der Waals surface area contributed by atoms with E-state index in [9.17, 15) is 24.0 Å². The minimum atomic E-state index is -1.29. The number of hydrogen-bond acceptors (Lipinski definition) is 7. The number of primary amides is 1. The summed E-state index contributed by atoms with van der Waals surface area (Å²) in [4.78, 5) is 71.3. The first-order valence-electron chi connectivity index (χ1n) is 11.7. The van der Waals surface area contributed by atoms with E-state index in [-0.39, 0.29) is 12.8 Å². The summed E-state index contributed by atoms with van der Waals surface area (Å²) in [7, 11) is 0. The standard InChI is InChI=1S/C24H30N8O6/c1-12(24(37)38)30-22(35)19(7-14-10-27-11-29-14)32-23(36)18(31-21(34)16(25)8-20(26)33)6-13-9-28-17-5-3-2-4-15(13)17/h2-5,9-12,16,18-19,28H,6-8,25H2,1H3,(H2,26,33)(H,27,29)(H,30,35)(H,31,34)(H,32,36)(H,37,38). The Morgan fingerprint density at radius 3 is 2.29 bits per heavy atom. The molecule has 0 fully saturated rings. The molecule has 2 heterocycles. The molecule has 10 N–H and O–H groups in total. The molecule has 4 unspecified atom stereocenters. The zero-order valence-electron chi connectivity index (χ0n) is 20.6. The number of benzene rings is 1. The number of hydrogen-bond donors (Lipinski definition) is 8. The van der Waals surface area contributed by atoms with Crippen LogP contribution in [0, 0.1) is 0 Å². The van der Waals surface area contributed by atoms with Gasteiger partial charge in [-0.2, -0.15) is 0 Å². The van der Waals surface area contributed by atoms with Gasteiger partial charge in [-0.05, 0) is 18.6 Å². The summed E-state index contributed by atoms with van der Waals surface area (Å²) in [5.74, 6) is -4.28. The first kappa shape index (κ1) is 27.9. The van der Waals surface area contributed by atoms with E-state index in [1.54, 1.807) is 6.20 Å². The quantitative estimate of drug-likeness (QED) is 0.129. The van der Waals surface area contributed by atoms with Crippen molar-refractivity contribution in [2.24, 2.45) is 11.5 Å². The number of aliphatic carboxylic acids is 1. The van der Waals surface area contributed by atoms with Gasteiger partial charge < -0.3 is 42.5 Å². The van der Waals surface area contributed by atoms with Gasteiger partial charge in [0.2, 0.25) is 23.6 Å². The summed E-state index contributed by atoms with van der Waals surface area (Å²) in [6.45, 7) is 1.29. The fraction of sp³-hybridized carbons (Fsp3) is 0.333. The summed E-state index contributed by atoms with van der Waals surface area (Å²) >= 11 is 0. The van der Waals surface area contributed by atoms with Gasteiger partial charge in [0.1, 0.15) is 18.1 Å². The number of amides is 4. The summed E-state index contributed by atoms with van der Waals surface area (Å²) in [5, 5.41) is 17.5. The van der Waals surface area contributed by atoms with Gasteiger partial charge in [-0.3, -0.25) is 24.0 Å². The molecular formula is C24H30N8O6. The van der Waals surface area contributed by atoms with Crippen LogP contribution in [0.5, 0.6) is 0 Å². The van der Waals surface area contributed by atoms with E-state index in [1.165, 1.54) is 19.4 Å². The second kappa shape index (κ2) is 12.5. The van der Waals surface area contributed by atoms with Crippen LogP contribution < -0.4 is 27.4 Å². The van der Waals surface area contributed by atoms with Crippen molar-refractivity contribution in [1.82, 2.24) is 30.9 Å². The molecule has 14 heteroatoms. The number of imidazole rings is 1. The molecule has 14 nitrogen and oxygen atoms in total. The van der Waals surface area contributed by atoms with Gasteiger partial charge in [-0.25, -0.2) is 4.98 Å². The molecule has 3 rings (SSSR count). The van der Waals surface area contributed by atoms with Crippen molar-refractivity contribution < 1.29 is 29.1 Å². The molecule has 3 aromatic rings. The molecule has 4 atom stereocenters. The van der Waals surface area contributed by atoms with Crippen LogP contribution in [0.1, 0.15) is 24.6 Å². The predicted octanol–water partition coefficient (Wildman–Crippen LogP) is -1.56. The number of para-hydroxylation sites is 1. The van der Waals surface area contributed by atoms with Gasteiger partial charge in [0, 0.05) is 41.8 Å². The molecule has 0 aliphatic heterocycles. The topological polar surface area (TPSA) is 238 Å². The second-order valence-corrected chi connectivity index (χ2v) is 8.81. The van der Waals surface area contributed by atoms with Crippen molar-refractivity contribution in [3.63, 3.8) is 0 Å². The monoisotopic (exact) mass is 526 g/mol. The Kier molecular flexibility index (Phi) is 9.16. The molecule has 38 heavy (non-hydrogen) atoms. The zero-order chi connectivity index (χ0) is 27.8. The van der Waals surface area contributed by atoms with E-state index in [0.29, 0.717) is 11.3 Å². The Balaban J connectivity index is 1.86. The molecule has 0 saturated carbocycles. The Bertz CT molecular complexity index is 1300. The number of aromatic amines is 2. The van der Waals surface area contributed by atoms with Crippen LogP contribution in [-0.4, -0.2) is 73.8 Å². The van der Waals surface area contributed by atoms with Crippen LogP contribution >= 0.6 is 0 Å². The SMILES string of the molecule is CC(NC(=O)C(Cc1cnc[nH]1)NC(=O)C(Cc1c[nH]c2ccccc12)NC(=O)C(N)CC(N)=O)C(=O)O. The third-order valence-electron chi connectivity index (χ3n) is 5.83. The van der Waals surface area contributed by atoms with E-state index < -0.39 is 60.2 Å². The molecule has 0 aliphatic rings. The normalized spacial score (nSPS) is 14.2. The fourth-order valence-corrected chi connectivity index (χ4v) is 3.79. The van der Waals surface area contributed by atoms with E-state index in [0.717, 1.165) is 10.9 Å². The number of nitrogens with zero attached hydrogens (tertiary/aromatic N) is 1. The number of aromatic nitrogens is 3. The number of carbonyl (C=O) groups excluding carboxylic acids is 4. The lowest BCUT2D eigenvalue weighted by Gasteiger charge is -2.24. The number of nitrogens with one attached hydrogen (secondary N) is 5. The second-order valence-electron chi connectivity index (χ2n) is 8.81. The van der Waals surface area contributed by atoms with Crippen molar-refractivity contribution >= 4 is 40.5 Å². The van der Waals surface area contributed by atoms with E-state index in [2.05, 4.69) is 30.9 Å². The van der Waals surface area contributed by atoms with Gasteiger partial charge in [-0.1, -0.05) is 18.2 Å². The summed E-state index contributed by atoms with van der Waals surface area (Å²) < 4.78 is 0. The van der Waals surface area contributed by atoms with Crippen molar-refractivity contribution in [2.75, 3.05) is 0 Å². The minimum absolute atomic E-state index is 0.0226. The summed E-state index contributed by atoms with van der Waals surface area (Å²) in [6, 6.07) is 2.46. The first-order chi connectivity index (χ1) is 18.0. The highest BCUT2D eigenvalue weighted by Crippen LogP contribution is 2.19. The van der Waals surface area contributed by atoms with Crippen LogP contribution in [0.15, 0.2) is 43.0 Å². The van der Waals surface area contributed by atoms with E-state index in [4.69, 9.17) is 16.6 Å². The van der Waals surface area contributed by atoms with E-state index >= 15 is 0 Å². The number of carboxylic acid groups (broad SMARTS) is 1. The zero-order valence-corrected chi connectivity index (χ0v) is 20.6. The number of carboxylic acids is 1. The van der Waals surface area contributed by atoms with Gasteiger partial charge in [0.25, 0.3) is 0 Å². The average molecular weight is 527 g/mol. The minimum Gasteiger partial charge on any atom is -0.480 e. The third kappa shape index (κ3) is 7.39. The lowest BCUT2D eigenvalue weighted by Crippen LogP contribution is -2.58. The first-order valence-corrected chi connectivity index (χ1v) is 11.7. The highest BCUT2D eigenvalue weighted by molar-refractivity contribution is 5.95. The largest absolute Gasteiger partial charge is 0.480 e. The third-order valence-corrected chi connectivity index (χ3v) is 5.83. The number of H-pyrrole nitrogens is 2. The lowest BCUT2D eigenvalue weighted by molar-refractivity contribution is -0.141. The van der Waals surface area contributed by atoms with E-state index in [1.807, 2.05) is 24.3 Å². The fourth-order valence-electron chi connectivity index (χ4n) is 3.79. The number of rotatable bonds is 13. The summed E-state index contributed by atoms with van der Waals surface area (Å²) in [5.41, 5.74) is 12.9. The van der Waals surface area contributed by atoms with Crippen molar-refractivity contribution in [1.29, 1.82) is 0 Å². The molecule has 202 valence electrons. The highest BCUT2D eigenvalue weighted by atomic mass is 16.4. The summed E-state index contributed by atoms with van der Waals surface area (Å²) in [6.07, 6.45) is 4.12. The van der Waals surface area contributed by atoms with Crippen molar-refractivity contribution in [3.05, 3.63) is 54.2 Å². The molecule has 0 bridgehead atoms. The highest BCUT2D eigenvalue weighted by Gasteiger charge is 2.30. The number of nitrogens with two attached hydrogens (primary N) is 2. The molecule has 0 spiro atoms. The smallest absolute Gasteiger partial charge is 0.325 e. The van der Waals surface area contributed by atoms with Crippen LogP contribution in [0.3, 0.4) is 0 Å². The molecular weight excluding hydrogens is 496 g/mol. The molecule has 1 aromatic carbocycles. The van der Waals surface area contributed by atoms with Gasteiger partial charge >= 0.3 is 5.97 Å².